The molecule has 1 aliphatic heterocycles. The normalized spacial score (nSPS) is 18.1. The van der Waals surface area contributed by atoms with Crippen molar-refractivity contribution < 1.29 is 14.3 Å². The minimum absolute atomic E-state index is 0.0412. The molecule has 8 nitrogen and oxygen atoms in total. The van der Waals surface area contributed by atoms with Gasteiger partial charge in [-0.05, 0) is 65.6 Å². The van der Waals surface area contributed by atoms with Gasteiger partial charge in [-0.25, -0.2) is 4.99 Å². The van der Waals surface area contributed by atoms with Crippen LogP contribution in [0.3, 0.4) is 0 Å². The predicted octanol–water partition coefficient (Wildman–Crippen LogP) is 7.26. The minimum Gasteiger partial charge on any atom is -0.494 e. The number of carbonyl (C=O) groups is 2. The monoisotopic (exact) mass is 681 g/mol. The molecule has 49 heavy (non-hydrogen) atoms. The first kappa shape index (κ1) is 36.2. The molecule has 2 heterocycles. The van der Waals surface area contributed by atoms with E-state index in [9.17, 15) is 9.59 Å². The van der Waals surface area contributed by atoms with Crippen LogP contribution in [-0.2, 0) is 16.6 Å². The van der Waals surface area contributed by atoms with E-state index in [1.165, 1.54) is 37.0 Å². The van der Waals surface area contributed by atoms with Gasteiger partial charge in [0.2, 0.25) is 5.91 Å². The number of rotatable bonds is 15. The van der Waals surface area contributed by atoms with Crippen LogP contribution < -0.4 is 21.1 Å². The number of carbonyl (C=O) groups excluding carboxylic acids is 2. The highest BCUT2D eigenvalue weighted by Crippen LogP contribution is 2.29. The van der Waals surface area contributed by atoms with Crippen LogP contribution in [-0.4, -0.2) is 55.1 Å². The molecule has 9 heteroatoms. The van der Waals surface area contributed by atoms with E-state index in [4.69, 9.17) is 20.5 Å². The van der Waals surface area contributed by atoms with Crippen molar-refractivity contribution in [2.24, 2.45) is 15.7 Å². The lowest BCUT2D eigenvalue weighted by atomic mass is 9.87. The molecule has 1 aliphatic carbocycles. The molecule has 260 valence electrons. The Labute approximate surface area is 295 Å². The largest absolute Gasteiger partial charge is 0.494 e. The van der Waals surface area contributed by atoms with E-state index in [1.54, 1.807) is 0 Å². The van der Waals surface area contributed by atoms with Crippen molar-refractivity contribution in [3.63, 3.8) is 0 Å². The number of allylic oxidation sites excluding steroid dienone is 1. The molecule has 0 bridgehead atoms. The van der Waals surface area contributed by atoms with Gasteiger partial charge in [0.25, 0.3) is 5.91 Å². The number of nitrogens with zero attached hydrogens (tertiary/aromatic N) is 2. The second kappa shape index (κ2) is 17.0. The third kappa shape index (κ3) is 10.5. The van der Waals surface area contributed by atoms with Crippen molar-refractivity contribution in [2.75, 3.05) is 13.2 Å². The Kier molecular flexibility index (Phi) is 12.6. The van der Waals surface area contributed by atoms with Crippen molar-refractivity contribution >= 4 is 40.8 Å². The number of nitrogens with one attached hydrogen (secondary N) is 2. The van der Waals surface area contributed by atoms with Gasteiger partial charge in [0.05, 0.1) is 18.0 Å². The molecule has 1 atom stereocenters. The fourth-order valence-corrected chi connectivity index (χ4v) is 6.83. The lowest BCUT2D eigenvalue weighted by molar-refractivity contribution is -0.124. The number of amides is 2. The topological polar surface area (TPSA) is 118 Å². The fraction of sp³-hybridized carbons (Fsp3) is 0.450. The van der Waals surface area contributed by atoms with Crippen molar-refractivity contribution in [3.8, 4) is 5.75 Å². The molecule has 0 unspecified atom stereocenters. The van der Waals surface area contributed by atoms with Gasteiger partial charge in [-0.3, -0.25) is 14.6 Å². The van der Waals surface area contributed by atoms with Crippen molar-refractivity contribution in [1.29, 1.82) is 0 Å². The number of ether oxygens (including phenoxy) is 1. The molecular weight excluding hydrogens is 631 g/mol. The molecule has 3 aromatic rings. The first-order valence-corrected chi connectivity index (χ1v) is 18.5. The highest BCUT2D eigenvalue weighted by molar-refractivity contribution is 7.14. The molecule has 1 fully saturated rings. The van der Waals surface area contributed by atoms with E-state index in [2.05, 4.69) is 56.5 Å². The maximum atomic E-state index is 13.4. The third-order valence-electron chi connectivity index (χ3n) is 8.95. The van der Waals surface area contributed by atoms with Gasteiger partial charge in [0, 0.05) is 35.2 Å². The number of nitrogens with two attached hydrogens (primary N) is 1. The van der Waals surface area contributed by atoms with Gasteiger partial charge in [-0.2, -0.15) is 0 Å². The number of thiophene rings is 1. The molecule has 5 rings (SSSR count). The number of unbranched alkanes of at least 4 members (excludes halogenated alkanes) is 4. The molecule has 0 saturated heterocycles. The summed E-state index contributed by atoms with van der Waals surface area (Å²) >= 11 is 1.46. The van der Waals surface area contributed by atoms with Crippen LogP contribution in [0.2, 0.25) is 0 Å². The highest BCUT2D eigenvalue weighted by atomic mass is 32.1. The van der Waals surface area contributed by atoms with Gasteiger partial charge in [-0.15, -0.1) is 11.3 Å². The SMILES string of the molecule is CCCCCCCOc1ccc(C2=CCN=C(c3ccc(C[C@H](NC(=O)c4ccc(C(C)(C)C)s4)C(=O)N[C@H]4C[C@H](N)C4)cc3)N=C2)cc1. The summed E-state index contributed by atoms with van der Waals surface area (Å²) < 4.78 is 5.93. The lowest BCUT2D eigenvalue weighted by Gasteiger charge is -2.34. The lowest BCUT2D eigenvalue weighted by Crippen LogP contribution is -2.56. The standard InChI is InChI=1S/C40H51N5O3S/c1-5-6-7-8-9-22-48-33-16-14-28(15-17-33)30-20-21-42-37(43-26-30)29-12-10-27(11-13-29)23-34(38(46)44-32-24-31(41)25-32)45-39(47)35-18-19-36(49-35)40(2,3)4/h10-20,26,31-32,34H,5-9,21-25,41H2,1-4H3,(H,44,46)(H,45,47)/t31-,32-,34-/m0/s1. The van der Waals surface area contributed by atoms with Gasteiger partial charge in [0.1, 0.15) is 11.8 Å². The molecule has 1 aromatic heterocycles. The third-order valence-corrected chi connectivity index (χ3v) is 10.5. The summed E-state index contributed by atoms with van der Waals surface area (Å²) in [6.45, 7) is 9.85. The first-order valence-electron chi connectivity index (χ1n) is 17.7. The smallest absolute Gasteiger partial charge is 0.262 e. The van der Waals surface area contributed by atoms with Crippen LogP contribution in [0.25, 0.3) is 5.57 Å². The number of hydrogen-bond acceptors (Lipinski definition) is 7. The molecule has 4 N–H and O–H groups in total. The molecule has 2 amide bonds. The minimum atomic E-state index is -0.724. The molecule has 1 saturated carbocycles. The maximum Gasteiger partial charge on any atom is 0.262 e. The van der Waals surface area contributed by atoms with Crippen LogP contribution in [0.15, 0.2) is 76.7 Å². The second-order valence-corrected chi connectivity index (χ2v) is 15.2. The van der Waals surface area contributed by atoms with Crippen molar-refractivity contribution in [3.05, 3.63) is 93.2 Å². The zero-order chi connectivity index (χ0) is 34.8. The highest BCUT2D eigenvalue weighted by Gasteiger charge is 2.31. The van der Waals surface area contributed by atoms with E-state index in [-0.39, 0.29) is 29.3 Å². The van der Waals surface area contributed by atoms with Crippen LogP contribution >= 0.6 is 11.3 Å². The van der Waals surface area contributed by atoms with E-state index in [0.29, 0.717) is 23.7 Å². The van der Waals surface area contributed by atoms with E-state index in [0.717, 1.165) is 58.8 Å². The number of amidine groups is 1. The van der Waals surface area contributed by atoms with Gasteiger partial charge >= 0.3 is 0 Å². The summed E-state index contributed by atoms with van der Waals surface area (Å²) in [5.41, 5.74) is 9.79. The molecule has 0 radical (unpaired) electrons. The van der Waals surface area contributed by atoms with E-state index >= 15 is 0 Å². The Morgan fingerprint density at radius 1 is 0.959 bits per heavy atom. The summed E-state index contributed by atoms with van der Waals surface area (Å²) in [4.78, 5) is 37.8. The molecular formula is C40H51N5O3S. The molecule has 2 aliphatic rings. The van der Waals surface area contributed by atoms with Crippen LogP contribution in [0, 0.1) is 0 Å². The Hall–Kier alpha value is -4.08. The average Bonchev–Trinajstić information content (AvgIpc) is 3.46. The van der Waals surface area contributed by atoms with Gasteiger partial charge in [-0.1, -0.05) is 95.9 Å². The Morgan fingerprint density at radius 3 is 2.35 bits per heavy atom. The van der Waals surface area contributed by atoms with Crippen molar-refractivity contribution in [2.45, 2.75) is 103 Å². The quantitative estimate of drug-likeness (QED) is 0.146. The van der Waals surface area contributed by atoms with Gasteiger partial charge in [0.15, 0.2) is 5.84 Å². The molecule has 2 aromatic carbocycles. The number of hydrogen-bond donors (Lipinski definition) is 3. The zero-order valence-corrected chi connectivity index (χ0v) is 30.2. The maximum absolute atomic E-state index is 13.4. The fourth-order valence-electron chi connectivity index (χ4n) is 5.86. The van der Waals surface area contributed by atoms with E-state index in [1.807, 2.05) is 54.7 Å². The summed E-state index contributed by atoms with van der Waals surface area (Å²) in [6.07, 6.45) is 11.9. The number of aliphatic imine (C=N–C) groups is 2. The van der Waals surface area contributed by atoms with Crippen LogP contribution in [0.1, 0.15) is 104 Å². The predicted molar refractivity (Wildman–Crippen MR) is 202 cm³/mol. The Bertz CT molecular complexity index is 1640. The van der Waals surface area contributed by atoms with Crippen LogP contribution in [0.4, 0.5) is 0 Å². The Morgan fingerprint density at radius 2 is 1.67 bits per heavy atom. The zero-order valence-electron chi connectivity index (χ0n) is 29.3. The van der Waals surface area contributed by atoms with Gasteiger partial charge < -0.3 is 21.1 Å². The van der Waals surface area contributed by atoms with E-state index < -0.39 is 6.04 Å². The summed E-state index contributed by atoms with van der Waals surface area (Å²) in [5, 5.41) is 6.09. The molecule has 0 spiro atoms. The summed E-state index contributed by atoms with van der Waals surface area (Å²) in [7, 11) is 0. The average molecular weight is 682 g/mol. The number of benzene rings is 2. The Balaban J connectivity index is 1.19. The summed E-state index contributed by atoms with van der Waals surface area (Å²) in [5.74, 6) is 1.10. The van der Waals surface area contributed by atoms with Crippen LogP contribution in [0.5, 0.6) is 5.75 Å². The van der Waals surface area contributed by atoms with Crippen molar-refractivity contribution in [1.82, 2.24) is 10.6 Å². The summed E-state index contributed by atoms with van der Waals surface area (Å²) in [6, 6.07) is 19.3. The first-order chi connectivity index (χ1) is 23.6. The second-order valence-electron chi connectivity index (χ2n) is 14.1.